The number of hydrogen-bond acceptors (Lipinski definition) is 2. The van der Waals surface area contributed by atoms with Crippen molar-refractivity contribution >= 4 is 17.3 Å². The van der Waals surface area contributed by atoms with Crippen LogP contribution in [0.3, 0.4) is 0 Å². The highest BCUT2D eigenvalue weighted by Gasteiger charge is 2.16. The highest BCUT2D eigenvalue weighted by Crippen LogP contribution is 2.32. The predicted octanol–water partition coefficient (Wildman–Crippen LogP) is 5.03. The Morgan fingerprint density at radius 1 is 1.13 bits per heavy atom. The second-order valence-electron chi connectivity index (χ2n) is 6.24. The number of aryl methyl sites for hydroxylation is 1. The van der Waals surface area contributed by atoms with Crippen molar-refractivity contribution < 1.29 is 0 Å². The van der Waals surface area contributed by atoms with Gasteiger partial charge >= 0.3 is 0 Å². The summed E-state index contributed by atoms with van der Waals surface area (Å²) in [5.74, 6) is 0.620. The molecule has 1 saturated carbocycles. The number of hydrogen-bond donors (Lipinski definition) is 1. The van der Waals surface area contributed by atoms with E-state index in [1.165, 1.54) is 36.1 Å². The van der Waals surface area contributed by atoms with Gasteiger partial charge in [0.15, 0.2) is 0 Å². The summed E-state index contributed by atoms with van der Waals surface area (Å²) in [4.78, 5) is 16.3. The summed E-state index contributed by atoms with van der Waals surface area (Å²) in [7, 11) is 0. The zero-order valence-electron chi connectivity index (χ0n) is 13.8. The fraction of sp³-hybridized carbons (Fsp3) is 0.350. The molecule has 0 bridgehead atoms. The van der Waals surface area contributed by atoms with Crippen LogP contribution in [0.15, 0.2) is 52.2 Å². The predicted molar refractivity (Wildman–Crippen MR) is 99.1 cm³/mol. The van der Waals surface area contributed by atoms with Gasteiger partial charge in [0, 0.05) is 21.7 Å². The van der Waals surface area contributed by atoms with Crippen molar-refractivity contribution in [3.8, 4) is 0 Å². The average molecular weight is 325 g/mol. The van der Waals surface area contributed by atoms with Crippen molar-refractivity contribution in [2.24, 2.45) is 5.92 Å². The van der Waals surface area contributed by atoms with Gasteiger partial charge in [-0.05, 0) is 55.7 Å². The van der Waals surface area contributed by atoms with Gasteiger partial charge in [-0.25, -0.2) is 0 Å². The SMILES string of the molecule is CSc1ccc(C(=CC2CCCC2)c2ccc(C)c(=O)[nH]2)cc1. The molecule has 0 atom stereocenters. The summed E-state index contributed by atoms with van der Waals surface area (Å²) in [5.41, 5.74) is 4.01. The third-order valence-electron chi connectivity index (χ3n) is 4.60. The lowest BCUT2D eigenvalue weighted by atomic mass is 9.96. The van der Waals surface area contributed by atoms with Gasteiger partial charge in [0.1, 0.15) is 0 Å². The number of nitrogens with one attached hydrogen (secondary N) is 1. The molecule has 0 radical (unpaired) electrons. The molecule has 2 nitrogen and oxygen atoms in total. The largest absolute Gasteiger partial charge is 0.322 e. The Morgan fingerprint density at radius 2 is 1.83 bits per heavy atom. The van der Waals surface area contributed by atoms with E-state index >= 15 is 0 Å². The van der Waals surface area contributed by atoms with Crippen LogP contribution < -0.4 is 5.56 Å². The van der Waals surface area contributed by atoms with Crippen LogP contribution in [0.25, 0.3) is 5.57 Å². The van der Waals surface area contributed by atoms with Gasteiger partial charge < -0.3 is 4.98 Å². The van der Waals surface area contributed by atoms with Crippen LogP contribution in [0.5, 0.6) is 0 Å². The van der Waals surface area contributed by atoms with Crippen molar-refractivity contribution in [2.75, 3.05) is 6.26 Å². The molecular formula is C20H23NOS. The Bertz CT molecular complexity index is 752. The van der Waals surface area contributed by atoms with E-state index in [2.05, 4.69) is 41.6 Å². The second kappa shape index (κ2) is 7.22. The first-order valence-electron chi connectivity index (χ1n) is 8.24. The van der Waals surface area contributed by atoms with E-state index < -0.39 is 0 Å². The van der Waals surface area contributed by atoms with E-state index in [-0.39, 0.29) is 5.56 Å². The molecule has 23 heavy (non-hydrogen) atoms. The summed E-state index contributed by atoms with van der Waals surface area (Å²) in [6.45, 7) is 1.84. The molecule has 2 aromatic rings. The Hall–Kier alpha value is -1.74. The Kier molecular flexibility index (Phi) is 5.06. The molecule has 1 N–H and O–H groups in total. The van der Waals surface area contributed by atoms with E-state index in [1.54, 1.807) is 11.8 Å². The smallest absolute Gasteiger partial charge is 0.251 e. The number of aromatic nitrogens is 1. The lowest BCUT2D eigenvalue weighted by molar-refractivity contribution is 0.687. The Morgan fingerprint density at radius 3 is 2.43 bits per heavy atom. The van der Waals surface area contributed by atoms with Gasteiger partial charge in [-0.3, -0.25) is 4.79 Å². The summed E-state index contributed by atoms with van der Waals surface area (Å²) >= 11 is 1.75. The van der Waals surface area contributed by atoms with Gasteiger partial charge in [-0.15, -0.1) is 11.8 Å². The molecule has 0 spiro atoms. The molecule has 1 heterocycles. The minimum atomic E-state index is 0.000515. The standard InChI is InChI=1S/C20H23NOS/c1-14-7-12-19(21-20(14)22)18(13-15-5-3-4-6-15)16-8-10-17(23-2)11-9-16/h7-13,15H,3-6H2,1-2H3,(H,21,22). The second-order valence-corrected chi connectivity index (χ2v) is 7.12. The molecule has 1 aliphatic rings. The third kappa shape index (κ3) is 3.78. The average Bonchev–Trinajstić information content (AvgIpc) is 3.09. The zero-order valence-corrected chi connectivity index (χ0v) is 14.6. The molecule has 0 aliphatic heterocycles. The zero-order chi connectivity index (χ0) is 16.2. The quantitative estimate of drug-likeness (QED) is 0.800. The maximum Gasteiger partial charge on any atom is 0.251 e. The molecule has 0 amide bonds. The first-order chi connectivity index (χ1) is 11.2. The van der Waals surface area contributed by atoms with Crippen molar-refractivity contribution in [1.82, 2.24) is 4.98 Å². The summed E-state index contributed by atoms with van der Waals surface area (Å²) in [6, 6.07) is 12.5. The highest BCUT2D eigenvalue weighted by atomic mass is 32.2. The number of benzene rings is 1. The van der Waals surface area contributed by atoms with Crippen LogP contribution in [0.4, 0.5) is 0 Å². The van der Waals surface area contributed by atoms with Crippen LogP contribution in [0.1, 0.15) is 42.5 Å². The van der Waals surface area contributed by atoms with Gasteiger partial charge in [0.2, 0.25) is 0 Å². The highest BCUT2D eigenvalue weighted by molar-refractivity contribution is 7.98. The van der Waals surface area contributed by atoms with Crippen LogP contribution in [0.2, 0.25) is 0 Å². The molecule has 0 saturated heterocycles. The van der Waals surface area contributed by atoms with Crippen LogP contribution in [0, 0.1) is 12.8 Å². The van der Waals surface area contributed by atoms with Crippen LogP contribution in [-0.4, -0.2) is 11.2 Å². The molecule has 0 unspecified atom stereocenters. The lowest BCUT2D eigenvalue weighted by Crippen LogP contribution is -2.11. The van der Waals surface area contributed by atoms with Crippen molar-refractivity contribution in [3.63, 3.8) is 0 Å². The molecular weight excluding hydrogens is 302 g/mol. The number of thioether (sulfide) groups is 1. The molecule has 120 valence electrons. The molecule has 1 fully saturated rings. The van der Waals surface area contributed by atoms with Gasteiger partial charge in [0.05, 0.1) is 0 Å². The first kappa shape index (κ1) is 16.1. The molecule has 3 heteroatoms. The number of aromatic amines is 1. The van der Waals surface area contributed by atoms with Crippen LogP contribution >= 0.6 is 11.8 Å². The minimum absolute atomic E-state index is 0.000515. The van der Waals surface area contributed by atoms with E-state index in [0.717, 1.165) is 16.8 Å². The van der Waals surface area contributed by atoms with Gasteiger partial charge in [-0.2, -0.15) is 0 Å². The fourth-order valence-corrected chi connectivity index (χ4v) is 3.58. The first-order valence-corrected chi connectivity index (χ1v) is 9.46. The van der Waals surface area contributed by atoms with E-state index in [4.69, 9.17) is 0 Å². The maximum absolute atomic E-state index is 12.0. The normalized spacial score (nSPS) is 16.0. The molecule has 1 aromatic heterocycles. The third-order valence-corrected chi connectivity index (χ3v) is 5.34. The summed E-state index contributed by atoms with van der Waals surface area (Å²) < 4.78 is 0. The Labute approximate surface area is 142 Å². The van der Waals surface area contributed by atoms with E-state index in [9.17, 15) is 4.79 Å². The van der Waals surface area contributed by atoms with E-state index in [0.29, 0.717) is 5.92 Å². The number of rotatable bonds is 4. The monoisotopic (exact) mass is 325 g/mol. The molecule has 3 rings (SSSR count). The van der Waals surface area contributed by atoms with Crippen molar-refractivity contribution in [1.29, 1.82) is 0 Å². The van der Waals surface area contributed by atoms with Crippen molar-refractivity contribution in [3.05, 3.63) is 69.6 Å². The molecule has 1 aromatic carbocycles. The topological polar surface area (TPSA) is 32.9 Å². The maximum atomic E-state index is 12.0. The van der Waals surface area contributed by atoms with Crippen molar-refractivity contribution in [2.45, 2.75) is 37.5 Å². The number of allylic oxidation sites excluding steroid dienone is 1. The minimum Gasteiger partial charge on any atom is -0.322 e. The lowest BCUT2D eigenvalue weighted by Gasteiger charge is -2.12. The number of pyridine rings is 1. The van der Waals surface area contributed by atoms with Crippen LogP contribution in [-0.2, 0) is 0 Å². The number of H-pyrrole nitrogens is 1. The summed E-state index contributed by atoms with van der Waals surface area (Å²) in [5, 5.41) is 0. The Balaban J connectivity index is 2.04. The van der Waals surface area contributed by atoms with E-state index in [1.807, 2.05) is 19.1 Å². The summed E-state index contributed by atoms with van der Waals surface area (Å²) in [6.07, 6.45) is 9.57. The molecule has 1 aliphatic carbocycles. The van der Waals surface area contributed by atoms with Gasteiger partial charge in [0.25, 0.3) is 5.56 Å². The van der Waals surface area contributed by atoms with Gasteiger partial charge in [-0.1, -0.05) is 37.1 Å². The fourth-order valence-electron chi connectivity index (χ4n) is 3.18.